The lowest BCUT2D eigenvalue weighted by atomic mass is 9.90. The summed E-state index contributed by atoms with van der Waals surface area (Å²) in [6, 6.07) is 8.40. The fourth-order valence-corrected chi connectivity index (χ4v) is 4.21. The summed E-state index contributed by atoms with van der Waals surface area (Å²) in [6.07, 6.45) is -2.71. The van der Waals surface area contributed by atoms with Crippen LogP contribution in [0.4, 0.5) is 33.7 Å². The van der Waals surface area contributed by atoms with E-state index in [1.54, 1.807) is 23.1 Å². The van der Waals surface area contributed by atoms with Gasteiger partial charge in [0.2, 0.25) is 5.95 Å². The first-order chi connectivity index (χ1) is 14.7. The lowest BCUT2D eigenvalue weighted by molar-refractivity contribution is -0.138. The number of nitrogens with zero attached hydrogens (tertiary/aromatic N) is 5. The predicted molar refractivity (Wildman–Crippen MR) is 105 cm³/mol. The molecule has 4 heterocycles. The highest BCUT2D eigenvalue weighted by Gasteiger charge is 2.42. The molecule has 2 aromatic heterocycles. The molecule has 10 heteroatoms. The van der Waals surface area contributed by atoms with E-state index in [9.17, 15) is 22.0 Å². The summed E-state index contributed by atoms with van der Waals surface area (Å²) in [7, 11) is 0. The summed E-state index contributed by atoms with van der Waals surface area (Å²) in [5.74, 6) is -2.29. The zero-order valence-electron chi connectivity index (χ0n) is 16.3. The molecule has 2 aliphatic heterocycles. The minimum atomic E-state index is -4.47. The van der Waals surface area contributed by atoms with Crippen LogP contribution in [-0.2, 0) is 6.18 Å². The van der Waals surface area contributed by atoms with E-state index in [0.29, 0.717) is 29.8 Å². The van der Waals surface area contributed by atoms with Gasteiger partial charge < -0.3 is 9.80 Å². The second-order valence-corrected chi connectivity index (χ2v) is 7.83. The van der Waals surface area contributed by atoms with Crippen molar-refractivity contribution in [3.63, 3.8) is 0 Å². The van der Waals surface area contributed by atoms with Gasteiger partial charge in [-0.1, -0.05) is 18.2 Å². The quantitative estimate of drug-likeness (QED) is 0.551. The van der Waals surface area contributed by atoms with E-state index in [1.807, 2.05) is 0 Å². The van der Waals surface area contributed by atoms with Crippen molar-refractivity contribution >= 4 is 22.8 Å². The number of pyridine rings is 1. The SMILES string of the molecule is FC1(F)CCN(c2nc(N3CCC3c3ccccc3C(F)(F)F)c3cccnc3n2)C1. The molecule has 2 fully saturated rings. The molecular weight excluding hydrogens is 417 g/mol. The Bertz CT molecular complexity index is 1130. The minimum Gasteiger partial charge on any atom is -0.349 e. The smallest absolute Gasteiger partial charge is 0.349 e. The number of hydrogen-bond acceptors (Lipinski definition) is 5. The third kappa shape index (κ3) is 3.53. The number of rotatable bonds is 3. The zero-order chi connectivity index (χ0) is 21.8. The van der Waals surface area contributed by atoms with Crippen LogP contribution < -0.4 is 9.80 Å². The molecule has 0 radical (unpaired) electrons. The van der Waals surface area contributed by atoms with Crippen LogP contribution in [0.5, 0.6) is 0 Å². The fourth-order valence-electron chi connectivity index (χ4n) is 4.21. The van der Waals surface area contributed by atoms with E-state index in [1.165, 1.54) is 23.2 Å². The Kier molecular flexibility index (Phi) is 4.49. The van der Waals surface area contributed by atoms with Crippen molar-refractivity contribution in [2.75, 3.05) is 29.4 Å². The van der Waals surface area contributed by atoms with Gasteiger partial charge in [-0.2, -0.15) is 23.1 Å². The Balaban J connectivity index is 1.58. The van der Waals surface area contributed by atoms with Gasteiger partial charge in [-0.05, 0) is 30.2 Å². The van der Waals surface area contributed by atoms with Crippen LogP contribution in [-0.4, -0.2) is 40.5 Å². The lowest BCUT2D eigenvalue weighted by Crippen LogP contribution is -2.43. The van der Waals surface area contributed by atoms with Crippen molar-refractivity contribution in [1.82, 2.24) is 15.0 Å². The second kappa shape index (κ2) is 7.00. The van der Waals surface area contributed by atoms with Crippen LogP contribution in [0.1, 0.15) is 30.0 Å². The Morgan fingerprint density at radius 1 is 1.00 bits per heavy atom. The van der Waals surface area contributed by atoms with Gasteiger partial charge in [-0.15, -0.1) is 0 Å². The molecule has 1 unspecified atom stereocenters. The Morgan fingerprint density at radius 2 is 1.81 bits per heavy atom. The minimum absolute atomic E-state index is 0.102. The maximum Gasteiger partial charge on any atom is 0.416 e. The van der Waals surface area contributed by atoms with Crippen molar-refractivity contribution in [3.8, 4) is 0 Å². The summed E-state index contributed by atoms with van der Waals surface area (Å²) >= 11 is 0. The molecule has 2 saturated heterocycles. The Morgan fingerprint density at radius 3 is 2.48 bits per heavy atom. The van der Waals surface area contributed by atoms with Crippen LogP contribution >= 0.6 is 0 Å². The molecule has 1 aromatic carbocycles. The van der Waals surface area contributed by atoms with E-state index in [-0.39, 0.29) is 24.5 Å². The molecule has 5 rings (SSSR count). The summed E-state index contributed by atoms with van der Waals surface area (Å²) in [4.78, 5) is 16.3. The average Bonchev–Trinajstić information content (AvgIpc) is 3.06. The highest BCUT2D eigenvalue weighted by atomic mass is 19.4. The standard InChI is InChI=1S/C21H18F5N5/c22-20(23)8-11-30(12-20)19-28-17-14(5-3-9-27-17)18(29-19)31-10-7-16(31)13-4-1-2-6-15(13)21(24,25)26/h1-6,9,16H,7-8,10-12H2. The van der Waals surface area contributed by atoms with E-state index in [0.717, 1.165) is 6.07 Å². The monoisotopic (exact) mass is 435 g/mol. The van der Waals surface area contributed by atoms with E-state index < -0.39 is 30.2 Å². The van der Waals surface area contributed by atoms with Gasteiger partial charge in [-0.25, -0.2) is 13.8 Å². The number of aromatic nitrogens is 3. The van der Waals surface area contributed by atoms with Crippen molar-refractivity contribution in [1.29, 1.82) is 0 Å². The van der Waals surface area contributed by atoms with E-state index in [2.05, 4.69) is 15.0 Å². The number of anilines is 2. The van der Waals surface area contributed by atoms with E-state index in [4.69, 9.17) is 0 Å². The summed E-state index contributed by atoms with van der Waals surface area (Å²) in [5.41, 5.74) is -0.181. The van der Waals surface area contributed by atoms with Gasteiger partial charge in [0.25, 0.3) is 5.92 Å². The van der Waals surface area contributed by atoms with Gasteiger partial charge in [0.1, 0.15) is 5.82 Å². The zero-order valence-corrected chi connectivity index (χ0v) is 16.3. The molecule has 3 aromatic rings. The van der Waals surface area contributed by atoms with Crippen molar-refractivity contribution in [3.05, 3.63) is 53.7 Å². The van der Waals surface area contributed by atoms with E-state index >= 15 is 0 Å². The highest BCUT2D eigenvalue weighted by molar-refractivity contribution is 5.88. The molecule has 162 valence electrons. The normalized spacial score (nSPS) is 20.9. The maximum atomic E-state index is 13.7. The topological polar surface area (TPSA) is 45.2 Å². The summed E-state index contributed by atoms with van der Waals surface area (Å²) in [6.45, 7) is 0.101. The van der Waals surface area contributed by atoms with Crippen molar-refractivity contribution in [2.24, 2.45) is 0 Å². The Hall–Kier alpha value is -3.04. The van der Waals surface area contributed by atoms with Gasteiger partial charge >= 0.3 is 6.18 Å². The Labute approximate surface area is 174 Å². The molecule has 31 heavy (non-hydrogen) atoms. The lowest BCUT2D eigenvalue weighted by Gasteiger charge is -2.43. The average molecular weight is 435 g/mol. The number of hydrogen-bond donors (Lipinski definition) is 0. The molecule has 0 N–H and O–H groups in total. The predicted octanol–water partition coefficient (Wildman–Crippen LogP) is 4.84. The second-order valence-electron chi connectivity index (χ2n) is 7.83. The first kappa shape index (κ1) is 19.9. The summed E-state index contributed by atoms with van der Waals surface area (Å²) in [5, 5.41) is 0.575. The molecule has 1 atom stereocenters. The molecule has 0 saturated carbocycles. The van der Waals surface area contributed by atoms with Crippen LogP contribution in [0.25, 0.3) is 11.0 Å². The number of benzene rings is 1. The molecule has 2 aliphatic rings. The molecular formula is C21H18F5N5. The van der Waals surface area contributed by atoms with Gasteiger partial charge in [-0.3, -0.25) is 0 Å². The first-order valence-electron chi connectivity index (χ1n) is 9.91. The third-order valence-electron chi connectivity index (χ3n) is 5.81. The van der Waals surface area contributed by atoms with Crippen LogP contribution in [0, 0.1) is 0 Å². The largest absolute Gasteiger partial charge is 0.416 e. The van der Waals surface area contributed by atoms with Gasteiger partial charge in [0.15, 0.2) is 5.65 Å². The molecule has 5 nitrogen and oxygen atoms in total. The highest BCUT2D eigenvalue weighted by Crippen LogP contribution is 2.44. The molecule has 0 amide bonds. The number of halogens is 5. The first-order valence-corrected chi connectivity index (χ1v) is 9.91. The fraction of sp³-hybridized carbons (Fsp3) is 0.381. The third-order valence-corrected chi connectivity index (χ3v) is 5.81. The van der Waals surface area contributed by atoms with Crippen LogP contribution in [0.2, 0.25) is 0 Å². The van der Waals surface area contributed by atoms with Crippen LogP contribution in [0.15, 0.2) is 42.6 Å². The van der Waals surface area contributed by atoms with Gasteiger partial charge in [0.05, 0.1) is 23.5 Å². The molecule has 0 spiro atoms. The molecule has 0 bridgehead atoms. The van der Waals surface area contributed by atoms with Crippen molar-refractivity contribution < 1.29 is 22.0 Å². The maximum absolute atomic E-state index is 13.7. The van der Waals surface area contributed by atoms with Crippen molar-refractivity contribution in [2.45, 2.75) is 31.0 Å². The number of alkyl halides is 5. The van der Waals surface area contributed by atoms with Gasteiger partial charge in [0, 0.05) is 25.7 Å². The summed E-state index contributed by atoms with van der Waals surface area (Å²) < 4.78 is 68.2. The molecule has 0 aliphatic carbocycles. The number of fused-ring (bicyclic) bond motifs is 1. The van der Waals surface area contributed by atoms with Crippen LogP contribution in [0.3, 0.4) is 0 Å².